The van der Waals surface area contributed by atoms with Crippen molar-refractivity contribution in [1.82, 2.24) is 10.2 Å². The number of carbonyl (C=O) groups is 1. The molecule has 106 valence electrons. The summed E-state index contributed by atoms with van der Waals surface area (Å²) in [5, 5.41) is 5.94. The minimum absolute atomic E-state index is 0.0232. The number of hydrogen-bond donors (Lipinski definition) is 3. The van der Waals surface area contributed by atoms with Crippen LogP contribution in [0.2, 0.25) is 0 Å². The highest BCUT2D eigenvalue weighted by molar-refractivity contribution is 6.00. The fourth-order valence-electron chi connectivity index (χ4n) is 1.51. The molecule has 5 nitrogen and oxygen atoms in total. The average molecular weight is 264 g/mol. The number of nitrogens with two attached hydrogens (primary N) is 1. The standard InChI is InChI=1S/C14H24N4O/c1-14(2,18(4)5)9-17-12-8-10(15)6-7-11(12)13(19)16-3/h6-8,17H,9,15H2,1-5H3,(H,16,19). The molecule has 0 aliphatic carbocycles. The topological polar surface area (TPSA) is 70.4 Å². The van der Waals surface area contributed by atoms with Gasteiger partial charge in [-0.25, -0.2) is 0 Å². The summed E-state index contributed by atoms with van der Waals surface area (Å²) in [5.74, 6) is -0.120. The van der Waals surface area contributed by atoms with Gasteiger partial charge in [-0.05, 0) is 46.1 Å². The van der Waals surface area contributed by atoms with Gasteiger partial charge in [0.25, 0.3) is 5.91 Å². The van der Waals surface area contributed by atoms with Crippen LogP contribution in [0.1, 0.15) is 24.2 Å². The van der Waals surface area contributed by atoms with Crippen molar-refractivity contribution in [2.24, 2.45) is 0 Å². The van der Waals surface area contributed by atoms with Gasteiger partial charge in [-0.2, -0.15) is 0 Å². The molecule has 0 spiro atoms. The Labute approximate surface area is 115 Å². The molecule has 0 atom stereocenters. The second kappa shape index (κ2) is 5.93. The van der Waals surface area contributed by atoms with E-state index >= 15 is 0 Å². The van der Waals surface area contributed by atoms with Crippen molar-refractivity contribution in [1.29, 1.82) is 0 Å². The Balaban J connectivity index is 2.94. The molecule has 0 fully saturated rings. The number of nitrogens with zero attached hydrogens (tertiary/aromatic N) is 1. The smallest absolute Gasteiger partial charge is 0.253 e. The predicted molar refractivity (Wildman–Crippen MR) is 80.5 cm³/mol. The van der Waals surface area contributed by atoms with E-state index in [0.717, 1.165) is 5.69 Å². The molecule has 1 rings (SSSR count). The number of nitrogen functional groups attached to an aromatic ring is 1. The second-order valence-electron chi connectivity index (χ2n) is 5.44. The van der Waals surface area contributed by atoms with Crippen LogP contribution in [0.3, 0.4) is 0 Å². The number of rotatable bonds is 5. The minimum Gasteiger partial charge on any atom is -0.399 e. The first kappa shape index (κ1) is 15.3. The van der Waals surface area contributed by atoms with E-state index in [-0.39, 0.29) is 11.4 Å². The van der Waals surface area contributed by atoms with E-state index in [4.69, 9.17) is 5.73 Å². The van der Waals surface area contributed by atoms with Gasteiger partial charge in [0.1, 0.15) is 0 Å². The molecule has 1 aromatic carbocycles. The third-order valence-electron chi connectivity index (χ3n) is 3.44. The van der Waals surface area contributed by atoms with Crippen LogP contribution in [-0.4, -0.2) is 44.0 Å². The third kappa shape index (κ3) is 3.86. The Kier molecular flexibility index (Phi) is 4.78. The van der Waals surface area contributed by atoms with E-state index < -0.39 is 0 Å². The summed E-state index contributed by atoms with van der Waals surface area (Å²) in [6.07, 6.45) is 0. The summed E-state index contributed by atoms with van der Waals surface area (Å²) in [7, 11) is 5.67. The zero-order chi connectivity index (χ0) is 14.6. The van der Waals surface area contributed by atoms with Gasteiger partial charge >= 0.3 is 0 Å². The van der Waals surface area contributed by atoms with Crippen molar-refractivity contribution in [3.05, 3.63) is 23.8 Å². The van der Waals surface area contributed by atoms with Gasteiger partial charge < -0.3 is 21.3 Å². The van der Waals surface area contributed by atoms with E-state index in [1.807, 2.05) is 14.1 Å². The Morgan fingerprint density at radius 3 is 2.53 bits per heavy atom. The molecular weight excluding hydrogens is 240 g/mol. The molecule has 0 unspecified atom stereocenters. The molecule has 1 aromatic rings. The Hall–Kier alpha value is -1.75. The first-order valence-electron chi connectivity index (χ1n) is 6.31. The lowest BCUT2D eigenvalue weighted by Crippen LogP contribution is -2.44. The number of anilines is 2. The van der Waals surface area contributed by atoms with Gasteiger partial charge in [-0.3, -0.25) is 4.79 Å². The van der Waals surface area contributed by atoms with Gasteiger partial charge in [-0.1, -0.05) is 0 Å². The van der Waals surface area contributed by atoms with Crippen LogP contribution in [0.5, 0.6) is 0 Å². The highest BCUT2D eigenvalue weighted by atomic mass is 16.1. The van der Waals surface area contributed by atoms with Gasteiger partial charge in [0, 0.05) is 30.5 Å². The van der Waals surface area contributed by atoms with Crippen molar-refractivity contribution in [2.75, 3.05) is 38.7 Å². The zero-order valence-corrected chi connectivity index (χ0v) is 12.4. The van der Waals surface area contributed by atoms with Gasteiger partial charge in [-0.15, -0.1) is 0 Å². The molecule has 4 N–H and O–H groups in total. The maximum atomic E-state index is 11.8. The SMILES string of the molecule is CNC(=O)c1ccc(N)cc1NCC(C)(C)N(C)C. The van der Waals surface area contributed by atoms with Crippen LogP contribution >= 0.6 is 0 Å². The van der Waals surface area contributed by atoms with Gasteiger partial charge in [0.05, 0.1) is 5.56 Å². The molecule has 0 saturated heterocycles. The van der Waals surface area contributed by atoms with Crippen molar-refractivity contribution in [2.45, 2.75) is 19.4 Å². The number of carbonyl (C=O) groups excluding carboxylic acids is 1. The lowest BCUT2D eigenvalue weighted by molar-refractivity contribution is 0.0964. The van der Waals surface area contributed by atoms with Crippen LogP contribution < -0.4 is 16.4 Å². The molecule has 0 aliphatic rings. The quantitative estimate of drug-likeness (QED) is 0.703. The largest absolute Gasteiger partial charge is 0.399 e. The molecule has 0 saturated carbocycles. The van der Waals surface area contributed by atoms with Crippen LogP contribution in [0, 0.1) is 0 Å². The Bertz CT molecular complexity index is 455. The van der Waals surface area contributed by atoms with E-state index in [1.54, 1.807) is 25.2 Å². The lowest BCUT2D eigenvalue weighted by atomic mass is 10.0. The normalized spacial score (nSPS) is 11.5. The van der Waals surface area contributed by atoms with E-state index in [9.17, 15) is 4.79 Å². The molecule has 19 heavy (non-hydrogen) atoms. The summed E-state index contributed by atoms with van der Waals surface area (Å²) < 4.78 is 0. The molecule has 1 amide bonds. The van der Waals surface area contributed by atoms with E-state index in [0.29, 0.717) is 17.8 Å². The van der Waals surface area contributed by atoms with Gasteiger partial charge in [0.2, 0.25) is 0 Å². The maximum absolute atomic E-state index is 11.8. The molecule has 0 heterocycles. The first-order valence-corrected chi connectivity index (χ1v) is 6.31. The zero-order valence-electron chi connectivity index (χ0n) is 12.4. The summed E-state index contributed by atoms with van der Waals surface area (Å²) in [4.78, 5) is 13.9. The monoisotopic (exact) mass is 264 g/mol. The minimum atomic E-state index is -0.120. The fraction of sp³-hybridized carbons (Fsp3) is 0.500. The molecule has 5 heteroatoms. The molecule has 0 aliphatic heterocycles. The number of amides is 1. The average Bonchev–Trinajstić information content (AvgIpc) is 2.35. The number of hydrogen-bond acceptors (Lipinski definition) is 4. The number of benzene rings is 1. The van der Waals surface area contributed by atoms with Crippen LogP contribution in [0.4, 0.5) is 11.4 Å². The molecule has 0 aromatic heterocycles. The fourth-order valence-corrected chi connectivity index (χ4v) is 1.51. The van der Waals surface area contributed by atoms with Crippen molar-refractivity contribution >= 4 is 17.3 Å². The lowest BCUT2D eigenvalue weighted by Gasteiger charge is -2.33. The summed E-state index contributed by atoms with van der Waals surface area (Å²) in [5.41, 5.74) is 7.76. The van der Waals surface area contributed by atoms with Crippen LogP contribution in [0.25, 0.3) is 0 Å². The van der Waals surface area contributed by atoms with E-state index in [2.05, 4.69) is 29.4 Å². The summed E-state index contributed by atoms with van der Waals surface area (Å²) >= 11 is 0. The van der Waals surface area contributed by atoms with E-state index in [1.165, 1.54) is 0 Å². The Morgan fingerprint density at radius 2 is 2.00 bits per heavy atom. The second-order valence-corrected chi connectivity index (χ2v) is 5.44. The molecular formula is C14H24N4O. The highest BCUT2D eigenvalue weighted by Gasteiger charge is 2.21. The molecule has 0 radical (unpaired) electrons. The van der Waals surface area contributed by atoms with Crippen molar-refractivity contribution in [3.63, 3.8) is 0 Å². The van der Waals surface area contributed by atoms with Crippen molar-refractivity contribution in [3.8, 4) is 0 Å². The highest BCUT2D eigenvalue weighted by Crippen LogP contribution is 2.21. The Morgan fingerprint density at radius 1 is 1.37 bits per heavy atom. The number of likely N-dealkylation sites (N-methyl/N-ethyl adjacent to an activating group) is 1. The molecule has 0 bridgehead atoms. The van der Waals surface area contributed by atoms with Crippen LogP contribution in [0.15, 0.2) is 18.2 Å². The van der Waals surface area contributed by atoms with Gasteiger partial charge in [0.15, 0.2) is 0 Å². The maximum Gasteiger partial charge on any atom is 0.253 e. The number of nitrogens with one attached hydrogen (secondary N) is 2. The summed E-state index contributed by atoms with van der Waals surface area (Å²) in [6, 6.07) is 5.25. The van der Waals surface area contributed by atoms with Crippen molar-refractivity contribution < 1.29 is 4.79 Å². The predicted octanol–water partition coefficient (Wildman–Crippen LogP) is 1.38. The van der Waals surface area contributed by atoms with Crippen LogP contribution in [-0.2, 0) is 0 Å². The summed E-state index contributed by atoms with van der Waals surface area (Å²) in [6.45, 7) is 4.98. The third-order valence-corrected chi connectivity index (χ3v) is 3.44. The first-order chi connectivity index (χ1) is 8.77.